The molecule has 3 aliphatic rings. The van der Waals surface area contributed by atoms with Crippen molar-refractivity contribution in [2.75, 3.05) is 24.7 Å². The summed E-state index contributed by atoms with van der Waals surface area (Å²) in [5.41, 5.74) is 3.66. The van der Waals surface area contributed by atoms with E-state index in [0.717, 1.165) is 58.8 Å². The highest BCUT2D eigenvalue weighted by molar-refractivity contribution is 5.93. The first-order valence-corrected chi connectivity index (χ1v) is 11.6. The Kier molecular flexibility index (Phi) is 4.34. The number of H-pyrrole nitrogens is 1. The molecule has 2 aromatic heterocycles. The third-order valence-electron chi connectivity index (χ3n) is 7.22. The Hall–Kier alpha value is -2.93. The van der Waals surface area contributed by atoms with Crippen LogP contribution in [0.5, 0.6) is 0 Å². The van der Waals surface area contributed by atoms with Crippen molar-refractivity contribution in [1.82, 2.24) is 19.9 Å². The lowest BCUT2D eigenvalue weighted by molar-refractivity contribution is -0.138. The summed E-state index contributed by atoms with van der Waals surface area (Å²) >= 11 is 0. The molecule has 6 rings (SSSR count). The van der Waals surface area contributed by atoms with Gasteiger partial charge in [-0.25, -0.2) is 9.97 Å². The zero-order valence-corrected chi connectivity index (χ0v) is 18.9. The number of hydrogen-bond acceptors (Lipinski definition) is 5. The topological polar surface area (TPSA) is 74.3 Å². The number of carbonyl (C=O) groups is 1. The number of carbonyl (C=O) groups excluding carboxylic acids is 1. The van der Waals surface area contributed by atoms with E-state index in [2.05, 4.69) is 48.9 Å². The highest BCUT2D eigenvalue weighted by Gasteiger charge is 2.48. The van der Waals surface area contributed by atoms with Crippen molar-refractivity contribution < 1.29 is 9.53 Å². The lowest BCUT2D eigenvalue weighted by Gasteiger charge is -2.35. The Morgan fingerprint density at radius 1 is 1.22 bits per heavy atom. The lowest BCUT2D eigenvalue weighted by Crippen LogP contribution is -2.44. The predicted octanol–water partition coefficient (Wildman–Crippen LogP) is 3.84. The number of anilines is 1. The van der Waals surface area contributed by atoms with Crippen LogP contribution in [0.1, 0.15) is 44.9 Å². The molecule has 1 N–H and O–H groups in total. The highest BCUT2D eigenvalue weighted by atomic mass is 16.5. The molecule has 3 aromatic rings. The standard InChI is InChI=1S/C25H29N5O2/c1-15-14-32-12-11-29(15)23-19-13-30(24(31)16-7-8-16)25(2,3)21(19)27-22(28-23)18-5-4-6-20-17(18)9-10-26-20/h4-6,9-10,15-16,26H,7-8,11-14H2,1-3H3/t15-/m1/s1. The number of rotatable bonds is 3. The zero-order valence-electron chi connectivity index (χ0n) is 18.9. The van der Waals surface area contributed by atoms with Crippen molar-refractivity contribution in [1.29, 1.82) is 0 Å². The molecule has 4 heterocycles. The van der Waals surface area contributed by atoms with Gasteiger partial charge in [0, 0.05) is 40.7 Å². The summed E-state index contributed by atoms with van der Waals surface area (Å²) in [6, 6.07) is 8.48. The van der Waals surface area contributed by atoms with E-state index in [1.165, 1.54) is 0 Å². The van der Waals surface area contributed by atoms with E-state index in [9.17, 15) is 4.79 Å². The number of benzene rings is 1. The number of nitrogens with zero attached hydrogens (tertiary/aromatic N) is 4. The van der Waals surface area contributed by atoms with E-state index in [1.807, 2.05) is 17.2 Å². The Morgan fingerprint density at radius 2 is 2.06 bits per heavy atom. The molecule has 166 valence electrons. The van der Waals surface area contributed by atoms with Crippen molar-refractivity contribution in [3.8, 4) is 11.4 Å². The summed E-state index contributed by atoms with van der Waals surface area (Å²) in [6.45, 7) is 9.14. The van der Waals surface area contributed by atoms with E-state index in [4.69, 9.17) is 14.7 Å². The maximum Gasteiger partial charge on any atom is 0.226 e. The largest absolute Gasteiger partial charge is 0.377 e. The summed E-state index contributed by atoms with van der Waals surface area (Å²) in [5.74, 6) is 2.10. The molecule has 1 atom stereocenters. The van der Waals surface area contributed by atoms with Crippen LogP contribution in [-0.2, 0) is 21.6 Å². The van der Waals surface area contributed by atoms with Crippen molar-refractivity contribution in [2.24, 2.45) is 5.92 Å². The second kappa shape index (κ2) is 7.04. The quantitative estimate of drug-likeness (QED) is 0.682. The molecule has 2 fully saturated rings. The summed E-state index contributed by atoms with van der Waals surface area (Å²) in [6.07, 6.45) is 3.95. The number of ether oxygens (including phenoxy) is 1. The van der Waals surface area contributed by atoms with Crippen LogP contribution in [0, 0.1) is 5.92 Å². The maximum atomic E-state index is 13.2. The van der Waals surface area contributed by atoms with Gasteiger partial charge in [0.2, 0.25) is 5.91 Å². The Morgan fingerprint density at radius 3 is 2.84 bits per heavy atom. The van der Waals surface area contributed by atoms with E-state index < -0.39 is 5.54 Å². The predicted molar refractivity (Wildman–Crippen MR) is 123 cm³/mol. The van der Waals surface area contributed by atoms with Crippen molar-refractivity contribution >= 4 is 22.6 Å². The number of aromatic amines is 1. The van der Waals surface area contributed by atoms with E-state index in [1.54, 1.807) is 0 Å². The van der Waals surface area contributed by atoms with Crippen molar-refractivity contribution in [3.63, 3.8) is 0 Å². The van der Waals surface area contributed by atoms with Gasteiger partial charge in [0.25, 0.3) is 0 Å². The monoisotopic (exact) mass is 431 g/mol. The normalized spacial score (nSPS) is 22.4. The fourth-order valence-corrected chi connectivity index (χ4v) is 5.19. The fourth-order valence-electron chi connectivity index (χ4n) is 5.19. The molecule has 0 bridgehead atoms. The van der Waals surface area contributed by atoms with Crippen molar-refractivity contribution in [3.05, 3.63) is 41.7 Å². The van der Waals surface area contributed by atoms with E-state index in [0.29, 0.717) is 19.8 Å². The molecule has 1 aromatic carbocycles. The zero-order chi connectivity index (χ0) is 22.0. The van der Waals surface area contributed by atoms with E-state index in [-0.39, 0.29) is 17.9 Å². The van der Waals surface area contributed by atoms with Gasteiger partial charge in [-0.3, -0.25) is 4.79 Å². The Labute approximate surface area is 187 Å². The van der Waals surface area contributed by atoms with Gasteiger partial charge in [0.1, 0.15) is 5.82 Å². The third kappa shape index (κ3) is 2.94. The van der Waals surface area contributed by atoms with Gasteiger partial charge in [-0.2, -0.15) is 0 Å². The molecule has 0 radical (unpaired) electrons. The van der Waals surface area contributed by atoms with Crippen LogP contribution >= 0.6 is 0 Å². The molecule has 1 saturated carbocycles. The van der Waals surface area contributed by atoms with Gasteiger partial charge >= 0.3 is 0 Å². The van der Waals surface area contributed by atoms with Gasteiger partial charge in [0.15, 0.2) is 5.82 Å². The molecule has 7 nitrogen and oxygen atoms in total. The minimum Gasteiger partial charge on any atom is -0.377 e. The number of aromatic nitrogens is 3. The lowest BCUT2D eigenvalue weighted by atomic mass is 9.98. The van der Waals surface area contributed by atoms with Gasteiger partial charge in [0.05, 0.1) is 37.0 Å². The number of fused-ring (bicyclic) bond motifs is 2. The molecular formula is C25H29N5O2. The van der Waals surface area contributed by atoms with Crippen molar-refractivity contribution in [2.45, 2.75) is 51.7 Å². The van der Waals surface area contributed by atoms with Gasteiger partial charge in [-0.1, -0.05) is 12.1 Å². The smallest absolute Gasteiger partial charge is 0.226 e. The van der Waals surface area contributed by atoms with Crippen LogP contribution in [0.4, 0.5) is 5.82 Å². The first-order chi connectivity index (χ1) is 15.4. The van der Waals surface area contributed by atoms with E-state index >= 15 is 0 Å². The average Bonchev–Trinajstić information content (AvgIpc) is 3.46. The first kappa shape index (κ1) is 19.7. The van der Waals surface area contributed by atoms with Crippen LogP contribution in [-0.4, -0.2) is 51.6 Å². The molecule has 1 amide bonds. The molecule has 2 aliphatic heterocycles. The summed E-state index contributed by atoms with van der Waals surface area (Å²) in [5, 5.41) is 1.11. The van der Waals surface area contributed by atoms with Gasteiger partial charge in [-0.15, -0.1) is 0 Å². The minimum atomic E-state index is -0.469. The summed E-state index contributed by atoms with van der Waals surface area (Å²) < 4.78 is 5.70. The van der Waals surface area contributed by atoms with Gasteiger partial charge in [-0.05, 0) is 45.7 Å². The number of amides is 1. The molecule has 1 saturated heterocycles. The van der Waals surface area contributed by atoms with Crippen LogP contribution in [0.2, 0.25) is 0 Å². The number of nitrogens with one attached hydrogen (secondary N) is 1. The van der Waals surface area contributed by atoms with Crippen LogP contribution in [0.25, 0.3) is 22.3 Å². The fraction of sp³-hybridized carbons (Fsp3) is 0.480. The minimum absolute atomic E-state index is 0.176. The third-order valence-corrected chi connectivity index (χ3v) is 7.22. The Bertz CT molecular complexity index is 1210. The number of hydrogen-bond donors (Lipinski definition) is 1. The summed E-state index contributed by atoms with van der Waals surface area (Å²) in [7, 11) is 0. The SMILES string of the molecule is C[C@@H]1COCCN1c1nc(-c2cccc3[nH]ccc23)nc2c1CN(C(=O)C1CC1)C2(C)C. The molecular weight excluding hydrogens is 402 g/mol. The number of morpholine rings is 1. The molecule has 0 spiro atoms. The maximum absolute atomic E-state index is 13.2. The van der Waals surface area contributed by atoms with Crippen LogP contribution < -0.4 is 4.90 Å². The van der Waals surface area contributed by atoms with Crippen LogP contribution in [0.3, 0.4) is 0 Å². The molecule has 0 unspecified atom stereocenters. The first-order valence-electron chi connectivity index (χ1n) is 11.6. The van der Waals surface area contributed by atoms with Gasteiger partial charge < -0.3 is 19.5 Å². The second-order valence-electron chi connectivity index (χ2n) is 9.82. The molecule has 32 heavy (non-hydrogen) atoms. The highest BCUT2D eigenvalue weighted by Crippen LogP contribution is 2.46. The average molecular weight is 432 g/mol. The summed E-state index contributed by atoms with van der Waals surface area (Å²) in [4.78, 5) is 31.1. The Balaban J connectivity index is 1.55. The molecule has 7 heteroatoms. The van der Waals surface area contributed by atoms with Crippen LogP contribution in [0.15, 0.2) is 30.5 Å². The second-order valence-corrected chi connectivity index (χ2v) is 9.82. The molecule has 1 aliphatic carbocycles.